The number of aromatic nitrogens is 2. The number of imidazole rings is 1. The summed E-state index contributed by atoms with van der Waals surface area (Å²) in [7, 11) is 3.56. The van der Waals surface area contributed by atoms with Gasteiger partial charge in [0.15, 0.2) is 0 Å². The van der Waals surface area contributed by atoms with E-state index in [1.54, 1.807) is 19.1 Å². The Morgan fingerprint density at radius 1 is 1.20 bits per heavy atom. The zero-order valence-corrected chi connectivity index (χ0v) is 21.2. The Balaban J connectivity index is 1.50. The third-order valence-electron chi connectivity index (χ3n) is 6.46. The Kier molecular flexibility index (Phi) is 8.07. The summed E-state index contributed by atoms with van der Waals surface area (Å²) in [4.78, 5) is 24.1. The molecule has 1 aliphatic heterocycles. The number of nitrogens with two attached hydrogens (primary N) is 1. The van der Waals surface area contributed by atoms with E-state index >= 15 is 0 Å². The van der Waals surface area contributed by atoms with Crippen LogP contribution in [0.3, 0.4) is 0 Å². The van der Waals surface area contributed by atoms with Crippen molar-refractivity contribution in [2.45, 2.75) is 38.9 Å². The van der Waals surface area contributed by atoms with Crippen molar-refractivity contribution in [2.75, 3.05) is 20.2 Å². The monoisotopic (exact) mass is 497 g/mol. The summed E-state index contributed by atoms with van der Waals surface area (Å²) in [6.07, 6.45) is 4.46. The second kappa shape index (κ2) is 11.2. The van der Waals surface area contributed by atoms with Gasteiger partial charge in [-0.3, -0.25) is 9.69 Å². The van der Waals surface area contributed by atoms with Gasteiger partial charge in [0.1, 0.15) is 23.4 Å². The molecule has 1 saturated heterocycles. The molecule has 2 aromatic carbocycles. The van der Waals surface area contributed by atoms with Crippen molar-refractivity contribution in [1.29, 1.82) is 0 Å². The summed E-state index contributed by atoms with van der Waals surface area (Å²) in [5.74, 6) is 1.84. The summed E-state index contributed by atoms with van der Waals surface area (Å²) in [5, 5.41) is 2.05. The number of hydrogen-bond donors (Lipinski definition) is 1. The van der Waals surface area contributed by atoms with Crippen molar-refractivity contribution in [3.8, 4) is 22.8 Å². The summed E-state index contributed by atoms with van der Waals surface area (Å²) in [6, 6.07) is 12.7. The van der Waals surface area contributed by atoms with Crippen molar-refractivity contribution < 1.29 is 14.4 Å². The van der Waals surface area contributed by atoms with E-state index in [0.717, 1.165) is 42.3 Å². The highest BCUT2D eigenvalue weighted by Gasteiger charge is 2.21. The number of halogens is 1. The lowest BCUT2D eigenvalue weighted by Gasteiger charge is -2.25. The molecule has 1 aliphatic rings. The molecule has 1 atom stereocenters. The summed E-state index contributed by atoms with van der Waals surface area (Å²) in [5.41, 5.74) is 8.38. The first kappa shape index (κ1) is 25.2. The van der Waals surface area contributed by atoms with E-state index in [2.05, 4.69) is 21.5 Å². The molecule has 3 aromatic rings. The Morgan fingerprint density at radius 2 is 1.91 bits per heavy atom. The molecular formula is C26H32ClN5O3. The number of amides is 1. The number of carbonyl (C=O) groups excluding carboxylic acids is 1. The zero-order chi connectivity index (χ0) is 24.9. The highest BCUT2D eigenvalue weighted by Crippen LogP contribution is 2.31. The number of nitrogens with zero attached hydrogens (tertiary/aromatic N) is 4. The third-order valence-corrected chi connectivity index (χ3v) is 6.69. The molecule has 186 valence electrons. The van der Waals surface area contributed by atoms with E-state index in [4.69, 9.17) is 26.9 Å². The van der Waals surface area contributed by atoms with Crippen LogP contribution in [0.4, 0.5) is 0 Å². The van der Waals surface area contributed by atoms with Gasteiger partial charge in [-0.2, -0.15) is 5.06 Å². The molecule has 35 heavy (non-hydrogen) atoms. The normalized spacial score (nSPS) is 15.0. The number of ether oxygens (including phenoxy) is 1. The first-order chi connectivity index (χ1) is 16.9. The number of likely N-dealkylation sites (tertiary alicyclic amines) is 1. The zero-order valence-electron chi connectivity index (χ0n) is 20.4. The molecule has 2 heterocycles. The van der Waals surface area contributed by atoms with Gasteiger partial charge in [-0.05, 0) is 69.3 Å². The fraction of sp³-hybridized carbons (Fsp3) is 0.385. The van der Waals surface area contributed by atoms with Gasteiger partial charge in [-0.15, -0.1) is 0 Å². The van der Waals surface area contributed by atoms with Crippen LogP contribution < -0.4 is 10.5 Å². The van der Waals surface area contributed by atoms with Crippen LogP contribution >= 0.6 is 11.6 Å². The molecule has 4 rings (SSSR count). The van der Waals surface area contributed by atoms with Gasteiger partial charge in [0.2, 0.25) is 5.91 Å². The molecular weight excluding hydrogens is 466 g/mol. The molecule has 0 aliphatic carbocycles. The number of benzene rings is 2. The maximum absolute atomic E-state index is 11.6. The molecule has 0 unspecified atom stereocenters. The minimum atomic E-state index is -0.600. The largest absolute Gasteiger partial charge is 0.457 e. The number of hydrogen-bond acceptors (Lipinski definition) is 6. The quantitative estimate of drug-likeness (QED) is 0.419. The van der Waals surface area contributed by atoms with Crippen LogP contribution in [-0.4, -0.2) is 51.7 Å². The van der Waals surface area contributed by atoms with Crippen LogP contribution in [0.15, 0.2) is 48.7 Å². The highest BCUT2D eigenvalue weighted by molar-refractivity contribution is 6.30. The topological polar surface area (TPSA) is 85.8 Å². The smallest absolute Gasteiger partial charge is 0.236 e. The fourth-order valence-electron chi connectivity index (χ4n) is 4.25. The molecule has 1 fully saturated rings. The van der Waals surface area contributed by atoms with Crippen LogP contribution in [0.2, 0.25) is 5.02 Å². The lowest BCUT2D eigenvalue weighted by atomic mass is 10.1. The SMILES string of the molecule is CON(Cc1ccc(Cl)cc1Oc1ccc(-c2cnc(CN3CCCC3)n2C)cc1)[C@@H](C)C(N)=O. The lowest BCUT2D eigenvalue weighted by molar-refractivity contribution is -0.173. The van der Waals surface area contributed by atoms with E-state index in [9.17, 15) is 4.79 Å². The van der Waals surface area contributed by atoms with E-state index in [1.807, 2.05) is 36.5 Å². The molecule has 0 spiro atoms. The fourth-order valence-corrected chi connectivity index (χ4v) is 4.41. The molecule has 8 nitrogen and oxygen atoms in total. The Bertz CT molecular complexity index is 1160. The minimum Gasteiger partial charge on any atom is -0.457 e. The maximum atomic E-state index is 11.6. The number of primary amides is 1. The van der Waals surface area contributed by atoms with Crippen molar-refractivity contribution in [3.05, 3.63) is 65.1 Å². The van der Waals surface area contributed by atoms with Crippen LogP contribution in [0.25, 0.3) is 11.3 Å². The molecule has 0 radical (unpaired) electrons. The Hall–Kier alpha value is -2.91. The van der Waals surface area contributed by atoms with Gasteiger partial charge < -0.3 is 19.9 Å². The van der Waals surface area contributed by atoms with Crippen LogP contribution in [0, 0.1) is 0 Å². The van der Waals surface area contributed by atoms with E-state index in [1.165, 1.54) is 25.0 Å². The van der Waals surface area contributed by atoms with Gasteiger partial charge in [0.05, 0.1) is 32.1 Å². The van der Waals surface area contributed by atoms with E-state index < -0.39 is 11.9 Å². The van der Waals surface area contributed by atoms with Gasteiger partial charge in [-0.1, -0.05) is 17.7 Å². The first-order valence-electron chi connectivity index (χ1n) is 11.8. The lowest BCUT2D eigenvalue weighted by Crippen LogP contribution is -2.41. The Morgan fingerprint density at radius 3 is 2.57 bits per heavy atom. The van der Waals surface area contributed by atoms with Crippen LogP contribution in [0.1, 0.15) is 31.2 Å². The Labute approximate surface area is 211 Å². The maximum Gasteiger partial charge on any atom is 0.236 e. The molecule has 0 saturated carbocycles. The number of hydroxylamine groups is 2. The predicted octanol–water partition coefficient (Wildman–Crippen LogP) is 4.37. The van der Waals surface area contributed by atoms with Crippen molar-refractivity contribution in [3.63, 3.8) is 0 Å². The van der Waals surface area contributed by atoms with Crippen molar-refractivity contribution in [2.24, 2.45) is 12.8 Å². The highest BCUT2D eigenvalue weighted by atomic mass is 35.5. The second-order valence-corrected chi connectivity index (χ2v) is 9.25. The molecule has 2 N–H and O–H groups in total. The summed E-state index contributed by atoms with van der Waals surface area (Å²) >= 11 is 6.24. The second-order valence-electron chi connectivity index (χ2n) is 8.82. The third kappa shape index (κ3) is 6.02. The van der Waals surface area contributed by atoms with Crippen LogP contribution in [0.5, 0.6) is 11.5 Å². The van der Waals surface area contributed by atoms with E-state index in [0.29, 0.717) is 23.1 Å². The molecule has 0 bridgehead atoms. The number of carbonyl (C=O) groups is 1. The van der Waals surface area contributed by atoms with Gasteiger partial charge in [0, 0.05) is 23.2 Å². The molecule has 1 amide bonds. The van der Waals surface area contributed by atoms with E-state index in [-0.39, 0.29) is 0 Å². The predicted molar refractivity (Wildman–Crippen MR) is 136 cm³/mol. The summed E-state index contributed by atoms with van der Waals surface area (Å²) < 4.78 is 8.33. The van der Waals surface area contributed by atoms with Crippen molar-refractivity contribution in [1.82, 2.24) is 19.5 Å². The number of rotatable bonds is 10. The van der Waals surface area contributed by atoms with Gasteiger partial charge in [0.25, 0.3) is 0 Å². The molecule has 1 aromatic heterocycles. The molecule has 9 heteroatoms. The van der Waals surface area contributed by atoms with Crippen LogP contribution in [-0.2, 0) is 29.8 Å². The average Bonchev–Trinajstić information content (AvgIpc) is 3.49. The standard InChI is InChI=1S/C26H32ClN5O3/c1-18(26(28)33)32(34-3)16-20-6-9-21(27)14-24(20)35-22-10-7-19(8-11-22)23-15-29-25(30(23)2)17-31-12-4-5-13-31/h6-11,14-15,18H,4-5,12-13,16-17H2,1-3H3,(H2,28,33)/t18-/m0/s1. The van der Waals surface area contributed by atoms with Gasteiger partial charge in [-0.25, -0.2) is 4.98 Å². The average molecular weight is 498 g/mol. The summed E-state index contributed by atoms with van der Waals surface area (Å²) in [6.45, 7) is 5.16. The minimum absolute atomic E-state index is 0.306. The van der Waals surface area contributed by atoms with Crippen molar-refractivity contribution >= 4 is 17.5 Å². The first-order valence-corrected chi connectivity index (χ1v) is 12.1. The van der Waals surface area contributed by atoms with Gasteiger partial charge >= 0.3 is 0 Å².